The van der Waals surface area contributed by atoms with Gasteiger partial charge in [0.15, 0.2) is 0 Å². The molecule has 0 spiro atoms. The molecule has 0 atom stereocenters. The second kappa shape index (κ2) is 8.95. The number of hydrogen-bond acceptors (Lipinski definition) is 4. The monoisotopic (exact) mass is 194 g/mol. The fourth-order valence-electron chi connectivity index (χ4n) is 0. The van der Waals surface area contributed by atoms with Gasteiger partial charge < -0.3 is 21.7 Å². The number of hydrogen-bond donors (Lipinski definition) is 4. The van der Waals surface area contributed by atoms with Crippen molar-refractivity contribution in [1.82, 2.24) is 0 Å². The summed E-state index contributed by atoms with van der Waals surface area (Å²) in [6.07, 6.45) is 0. The van der Waals surface area contributed by atoms with Crippen LogP contribution in [0.5, 0.6) is 0 Å². The predicted octanol–water partition coefficient (Wildman–Crippen LogP) is -0.178. The molecule has 0 aliphatic carbocycles. The normalized spacial score (nSPS) is 8.46. The zero-order chi connectivity index (χ0) is 11.7. The van der Waals surface area contributed by atoms with E-state index in [0.29, 0.717) is 0 Å². The van der Waals surface area contributed by atoms with Crippen LogP contribution in [0.3, 0.4) is 0 Å². The van der Waals surface area contributed by atoms with E-state index in [1.54, 1.807) is 13.8 Å². The Morgan fingerprint density at radius 1 is 1.00 bits per heavy atom. The second-order valence-corrected chi connectivity index (χ2v) is 2.86. The van der Waals surface area contributed by atoms with E-state index in [9.17, 15) is 0 Å². The molecule has 6 nitrogen and oxygen atoms in total. The van der Waals surface area contributed by atoms with Crippen molar-refractivity contribution < 1.29 is 19.8 Å². The van der Waals surface area contributed by atoms with Crippen LogP contribution in [-0.2, 0) is 9.59 Å². The number of nitrogens with two attached hydrogens (primary N) is 2. The Bertz CT molecular complexity index is 125. The molecule has 13 heavy (non-hydrogen) atoms. The minimum atomic E-state index is -0.833. The van der Waals surface area contributed by atoms with Crippen LogP contribution >= 0.6 is 0 Å². The Morgan fingerprint density at radius 3 is 1.00 bits per heavy atom. The highest BCUT2D eigenvalue weighted by atomic mass is 16.4. The molecule has 0 aliphatic heterocycles. The molecular formula is C7H18N2O4. The summed E-state index contributed by atoms with van der Waals surface area (Å²) in [5.74, 6) is -1.67. The number of aliphatic carboxylic acids is 2. The quantitative estimate of drug-likeness (QED) is 0.396. The van der Waals surface area contributed by atoms with Gasteiger partial charge in [-0.3, -0.25) is 9.59 Å². The standard InChI is InChI=1S/C3H10N2.2C2H4O2/c1-3(2,4)5;2*1-2(3)4/h4-5H2,1-2H3;2*1H3,(H,3,4). The third-order valence-corrected chi connectivity index (χ3v) is 0. The molecule has 0 saturated carbocycles. The Morgan fingerprint density at radius 2 is 1.00 bits per heavy atom. The van der Waals surface area contributed by atoms with Crippen LogP contribution in [-0.4, -0.2) is 27.8 Å². The van der Waals surface area contributed by atoms with E-state index in [1.165, 1.54) is 0 Å². The van der Waals surface area contributed by atoms with Gasteiger partial charge in [0.05, 0.1) is 5.66 Å². The Balaban J connectivity index is -0.000000117. The fourth-order valence-corrected chi connectivity index (χ4v) is 0. The van der Waals surface area contributed by atoms with Crippen molar-refractivity contribution in [2.75, 3.05) is 0 Å². The Hall–Kier alpha value is -1.14. The topological polar surface area (TPSA) is 127 Å². The van der Waals surface area contributed by atoms with E-state index in [1.807, 2.05) is 0 Å². The summed E-state index contributed by atoms with van der Waals surface area (Å²) < 4.78 is 0. The van der Waals surface area contributed by atoms with Crippen LogP contribution in [0.2, 0.25) is 0 Å². The molecule has 0 radical (unpaired) electrons. The van der Waals surface area contributed by atoms with Gasteiger partial charge in [-0.05, 0) is 13.8 Å². The van der Waals surface area contributed by atoms with Gasteiger partial charge in [-0.1, -0.05) is 0 Å². The molecule has 0 heterocycles. The third kappa shape index (κ3) is 656. The number of carbonyl (C=O) groups is 2. The number of carboxylic acids is 2. The molecule has 0 amide bonds. The first-order chi connectivity index (χ1) is 5.46. The van der Waals surface area contributed by atoms with E-state index >= 15 is 0 Å². The lowest BCUT2D eigenvalue weighted by Gasteiger charge is -2.07. The van der Waals surface area contributed by atoms with Crippen LogP contribution in [0.1, 0.15) is 27.7 Å². The van der Waals surface area contributed by atoms with Gasteiger partial charge in [-0.2, -0.15) is 0 Å². The Kier molecular flexibility index (Phi) is 12.3. The van der Waals surface area contributed by atoms with Crippen LogP contribution in [0.4, 0.5) is 0 Å². The minimum Gasteiger partial charge on any atom is -0.481 e. The van der Waals surface area contributed by atoms with E-state index in [0.717, 1.165) is 13.8 Å². The first kappa shape index (κ1) is 17.8. The third-order valence-electron chi connectivity index (χ3n) is 0. The lowest BCUT2D eigenvalue weighted by Crippen LogP contribution is -2.42. The summed E-state index contributed by atoms with van der Waals surface area (Å²) in [5, 5.41) is 14.8. The smallest absolute Gasteiger partial charge is 0.300 e. The summed E-state index contributed by atoms with van der Waals surface area (Å²) in [4.78, 5) is 18.0. The maximum absolute atomic E-state index is 9.00. The minimum absolute atomic E-state index is 0.500. The molecule has 0 aromatic carbocycles. The zero-order valence-electron chi connectivity index (χ0n) is 8.37. The van der Waals surface area contributed by atoms with Gasteiger partial charge in [0.2, 0.25) is 0 Å². The molecule has 0 saturated heterocycles. The fraction of sp³-hybridized carbons (Fsp3) is 0.714. The van der Waals surface area contributed by atoms with Crippen LogP contribution in [0.25, 0.3) is 0 Å². The predicted molar refractivity (Wildman–Crippen MR) is 49.1 cm³/mol. The van der Waals surface area contributed by atoms with Crippen molar-refractivity contribution in [1.29, 1.82) is 0 Å². The van der Waals surface area contributed by atoms with Gasteiger partial charge in [-0.25, -0.2) is 0 Å². The maximum atomic E-state index is 9.00. The zero-order valence-corrected chi connectivity index (χ0v) is 8.37. The van der Waals surface area contributed by atoms with Crippen molar-refractivity contribution in [3.8, 4) is 0 Å². The first-order valence-corrected chi connectivity index (χ1v) is 3.43. The average molecular weight is 194 g/mol. The lowest BCUT2D eigenvalue weighted by molar-refractivity contribution is -0.135. The van der Waals surface area contributed by atoms with Gasteiger partial charge in [0, 0.05) is 13.8 Å². The van der Waals surface area contributed by atoms with E-state index < -0.39 is 17.6 Å². The SMILES string of the molecule is CC(=O)O.CC(=O)O.CC(C)(N)N. The molecule has 0 aromatic rings. The van der Waals surface area contributed by atoms with Gasteiger partial charge in [0.1, 0.15) is 0 Å². The van der Waals surface area contributed by atoms with Crippen molar-refractivity contribution in [2.24, 2.45) is 11.5 Å². The van der Waals surface area contributed by atoms with Crippen LogP contribution < -0.4 is 11.5 Å². The average Bonchev–Trinajstić information content (AvgIpc) is 1.50. The van der Waals surface area contributed by atoms with E-state index in [-0.39, 0.29) is 0 Å². The molecule has 0 unspecified atom stereocenters. The van der Waals surface area contributed by atoms with Gasteiger partial charge in [-0.15, -0.1) is 0 Å². The molecular weight excluding hydrogens is 176 g/mol. The first-order valence-electron chi connectivity index (χ1n) is 3.43. The van der Waals surface area contributed by atoms with Gasteiger partial charge in [0.25, 0.3) is 11.9 Å². The molecule has 0 rings (SSSR count). The molecule has 0 aromatic heterocycles. The highest BCUT2D eigenvalue weighted by Crippen LogP contribution is 1.76. The molecule has 6 N–H and O–H groups in total. The number of rotatable bonds is 0. The number of carboxylic acid groups (broad SMARTS) is 2. The van der Waals surface area contributed by atoms with Crippen LogP contribution in [0.15, 0.2) is 0 Å². The second-order valence-electron chi connectivity index (χ2n) is 2.86. The van der Waals surface area contributed by atoms with Crippen molar-refractivity contribution in [2.45, 2.75) is 33.4 Å². The largest absolute Gasteiger partial charge is 0.481 e. The maximum Gasteiger partial charge on any atom is 0.300 e. The Labute approximate surface area is 77.5 Å². The van der Waals surface area contributed by atoms with Gasteiger partial charge >= 0.3 is 0 Å². The lowest BCUT2D eigenvalue weighted by atomic mass is 10.3. The van der Waals surface area contributed by atoms with E-state index in [4.69, 9.17) is 31.3 Å². The molecule has 0 bridgehead atoms. The summed E-state index contributed by atoms with van der Waals surface area (Å²) in [6, 6.07) is 0. The summed E-state index contributed by atoms with van der Waals surface area (Å²) in [7, 11) is 0. The molecule has 6 heteroatoms. The molecule has 0 fully saturated rings. The molecule has 0 aliphatic rings. The van der Waals surface area contributed by atoms with E-state index in [2.05, 4.69) is 0 Å². The molecule has 80 valence electrons. The van der Waals surface area contributed by atoms with Crippen molar-refractivity contribution >= 4 is 11.9 Å². The summed E-state index contributed by atoms with van der Waals surface area (Å²) >= 11 is 0. The summed E-state index contributed by atoms with van der Waals surface area (Å²) in [6.45, 7) is 5.65. The highest BCUT2D eigenvalue weighted by Gasteiger charge is 1.95. The summed E-state index contributed by atoms with van der Waals surface area (Å²) in [5.41, 5.74) is 9.76. The highest BCUT2D eigenvalue weighted by molar-refractivity contribution is 5.63. The van der Waals surface area contributed by atoms with Crippen molar-refractivity contribution in [3.05, 3.63) is 0 Å². The van der Waals surface area contributed by atoms with Crippen LogP contribution in [0, 0.1) is 0 Å². The van der Waals surface area contributed by atoms with Crippen molar-refractivity contribution in [3.63, 3.8) is 0 Å².